The quantitative estimate of drug-likeness (QED) is 0.200. The van der Waals surface area contributed by atoms with Crippen molar-refractivity contribution in [2.45, 2.75) is 0 Å². The van der Waals surface area contributed by atoms with Crippen LogP contribution in [0.5, 0.6) is 40.2 Å². The summed E-state index contributed by atoms with van der Waals surface area (Å²) in [4.78, 5) is 12.8. The van der Waals surface area contributed by atoms with Crippen molar-refractivity contribution >= 4 is 29.8 Å². The topological polar surface area (TPSA) is 105 Å². The number of ether oxygens (including phenoxy) is 6. The third-order valence-corrected chi connectivity index (χ3v) is 5.62. The van der Waals surface area contributed by atoms with Crippen molar-refractivity contribution < 1.29 is 38.3 Å². The fourth-order valence-electron chi connectivity index (χ4n) is 3.70. The number of carbonyl (C=O) groups is 1. The molecule has 0 bridgehead atoms. The Hall–Kier alpha value is -4.79. The summed E-state index contributed by atoms with van der Waals surface area (Å²) in [5, 5.41) is 13.5. The number of phenols is 1. The smallest absolute Gasteiger partial charge is 0.248 e. The molecule has 0 aliphatic rings. The molecule has 2 N–H and O–H groups in total. The highest BCUT2D eigenvalue weighted by Gasteiger charge is 2.15. The van der Waals surface area contributed by atoms with Crippen molar-refractivity contribution in [2.24, 2.45) is 0 Å². The SMILES string of the molecule is COc1ccc(/C=C/C(=O)Nc2c(C=Cc3cc(OC)c(OC)c(OC)c3)ccc(OC)c2O)cc1OC. The molecule has 0 aromatic heterocycles. The third-order valence-electron chi connectivity index (χ3n) is 5.62. The highest BCUT2D eigenvalue weighted by atomic mass is 16.5. The van der Waals surface area contributed by atoms with Gasteiger partial charge in [-0.3, -0.25) is 4.79 Å². The van der Waals surface area contributed by atoms with Gasteiger partial charge >= 0.3 is 0 Å². The summed E-state index contributed by atoms with van der Waals surface area (Å²) in [6.45, 7) is 0. The first-order valence-electron chi connectivity index (χ1n) is 11.5. The van der Waals surface area contributed by atoms with E-state index in [-0.39, 0.29) is 17.2 Å². The van der Waals surface area contributed by atoms with E-state index >= 15 is 0 Å². The largest absolute Gasteiger partial charge is 0.503 e. The maximum Gasteiger partial charge on any atom is 0.248 e. The van der Waals surface area contributed by atoms with E-state index in [9.17, 15) is 9.90 Å². The lowest BCUT2D eigenvalue weighted by atomic mass is 10.1. The van der Waals surface area contributed by atoms with Gasteiger partial charge in [-0.1, -0.05) is 18.2 Å². The zero-order chi connectivity index (χ0) is 27.7. The van der Waals surface area contributed by atoms with E-state index in [1.54, 1.807) is 67.8 Å². The lowest BCUT2D eigenvalue weighted by Crippen LogP contribution is -2.09. The number of anilines is 1. The molecule has 0 heterocycles. The zero-order valence-corrected chi connectivity index (χ0v) is 22.2. The van der Waals surface area contributed by atoms with Crippen LogP contribution in [0.25, 0.3) is 18.2 Å². The molecule has 0 unspecified atom stereocenters. The van der Waals surface area contributed by atoms with Crippen LogP contribution >= 0.6 is 0 Å². The van der Waals surface area contributed by atoms with Crippen molar-refractivity contribution in [3.8, 4) is 40.2 Å². The number of hydrogen-bond donors (Lipinski definition) is 2. The molecule has 0 radical (unpaired) electrons. The third kappa shape index (κ3) is 6.31. The number of amides is 1. The predicted octanol–water partition coefficient (Wildman–Crippen LogP) is 5.27. The van der Waals surface area contributed by atoms with Gasteiger partial charge < -0.3 is 38.8 Å². The Morgan fingerprint density at radius 1 is 0.658 bits per heavy atom. The molecule has 38 heavy (non-hydrogen) atoms. The fourth-order valence-corrected chi connectivity index (χ4v) is 3.70. The molecule has 9 nitrogen and oxygen atoms in total. The maximum absolute atomic E-state index is 12.8. The van der Waals surface area contributed by atoms with Gasteiger partial charge in [-0.05, 0) is 53.6 Å². The molecule has 9 heteroatoms. The van der Waals surface area contributed by atoms with Crippen LogP contribution in [0.4, 0.5) is 5.69 Å². The van der Waals surface area contributed by atoms with Gasteiger partial charge in [0.05, 0.1) is 48.3 Å². The van der Waals surface area contributed by atoms with Gasteiger partial charge in [0.2, 0.25) is 11.7 Å². The Balaban J connectivity index is 1.91. The summed E-state index contributed by atoms with van der Waals surface area (Å²) in [7, 11) is 9.13. The number of methoxy groups -OCH3 is 6. The Labute approximate surface area is 221 Å². The second-order valence-electron chi connectivity index (χ2n) is 7.81. The summed E-state index contributed by atoms with van der Waals surface area (Å²) >= 11 is 0. The molecular weight excluding hydrogens is 490 g/mol. The Bertz CT molecular complexity index is 1320. The molecule has 200 valence electrons. The van der Waals surface area contributed by atoms with Crippen LogP contribution in [0.2, 0.25) is 0 Å². The van der Waals surface area contributed by atoms with Gasteiger partial charge in [0, 0.05) is 11.6 Å². The first-order chi connectivity index (χ1) is 18.4. The minimum absolute atomic E-state index is 0.190. The second kappa shape index (κ2) is 13.0. The van der Waals surface area contributed by atoms with Gasteiger partial charge in [0.15, 0.2) is 34.5 Å². The van der Waals surface area contributed by atoms with Crippen molar-refractivity contribution in [1.82, 2.24) is 0 Å². The molecule has 0 atom stereocenters. The lowest BCUT2D eigenvalue weighted by Gasteiger charge is -2.14. The van der Waals surface area contributed by atoms with Gasteiger partial charge in [-0.25, -0.2) is 0 Å². The molecule has 0 aliphatic carbocycles. The van der Waals surface area contributed by atoms with Gasteiger partial charge in [0.1, 0.15) is 0 Å². The van der Waals surface area contributed by atoms with Crippen molar-refractivity contribution in [2.75, 3.05) is 48.0 Å². The molecule has 3 aromatic carbocycles. The maximum atomic E-state index is 12.8. The normalized spacial score (nSPS) is 10.9. The highest BCUT2D eigenvalue weighted by molar-refractivity contribution is 6.04. The minimum atomic E-state index is -0.453. The molecule has 0 saturated carbocycles. The standard InChI is InChI=1S/C29H31NO8/c1-33-21-12-8-18(15-23(21)35-3)9-14-26(31)30-27-20(11-13-22(34-2)28(27)32)10-7-19-16-24(36-4)29(38-6)25(17-19)37-5/h7-17,32H,1-6H3,(H,30,31)/b10-7?,14-9+. The molecule has 0 saturated heterocycles. The molecule has 0 fully saturated rings. The van der Waals surface area contributed by atoms with Crippen LogP contribution < -0.4 is 33.7 Å². The summed E-state index contributed by atoms with van der Waals surface area (Å²) in [6.07, 6.45) is 6.52. The Morgan fingerprint density at radius 2 is 1.24 bits per heavy atom. The molecule has 0 spiro atoms. The van der Waals surface area contributed by atoms with E-state index < -0.39 is 5.91 Å². The number of hydrogen-bond acceptors (Lipinski definition) is 8. The molecule has 0 aliphatic heterocycles. The monoisotopic (exact) mass is 521 g/mol. The van der Waals surface area contributed by atoms with Crippen LogP contribution in [0.15, 0.2) is 48.5 Å². The van der Waals surface area contributed by atoms with E-state index in [4.69, 9.17) is 28.4 Å². The highest BCUT2D eigenvalue weighted by Crippen LogP contribution is 2.40. The van der Waals surface area contributed by atoms with E-state index in [1.165, 1.54) is 41.6 Å². The number of rotatable bonds is 11. The summed E-state index contributed by atoms with van der Waals surface area (Å²) < 4.78 is 32.0. The lowest BCUT2D eigenvalue weighted by molar-refractivity contribution is -0.111. The van der Waals surface area contributed by atoms with E-state index in [2.05, 4.69) is 5.32 Å². The van der Waals surface area contributed by atoms with Crippen LogP contribution in [0.3, 0.4) is 0 Å². The zero-order valence-electron chi connectivity index (χ0n) is 22.2. The first-order valence-corrected chi connectivity index (χ1v) is 11.5. The molecule has 3 aromatic rings. The van der Waals surface area contributed by atoms with Gasteiger partial charge in [-0.2, -0.15) is 0 Å². The van der Waals surface area contributed by atoms with Gasteiger partial charge in [0.25, 0.3) is 0 Å². The minimum Gasteiger partial charge on any atom is -0.503 e. The van der Waals surface area contributed by atoms with Crippen LogP contribution in [0.1, 0.15) is 16.7 Å². The predicted molar refractivity (Wildman–Crippen MR) is 147 cm³/mol. The van der Waals surface area contributed by atoms with E-state index in [0.717, 1.165) is 11.1 Å². The molecule has 3 rings (SSSR count). The number of aromatic hydroxyl groups is 1. The summed E-state index contributed by atoms with van der Waals surface area (Å²) in [6, 6.07) is 12.2. The summed E-state index contributed by atoms with van der Waals surface area (Å²) in [5.41, 5.74) is 2.22. The van der Waals surface area contributed by atoms with Crippen molar-refractivity contribution in [3.05, 3.63) is 65.2 Å². The first kappa shape index (κ1) is 27.8. The Morgan fingerprint density at radius 3 is 1.82 bits per heavy atom. The number of benzene rings is 3. The summed E-state index contributed by atoms with van der Waals surface area (Å²) in [5.74, 6) is 2.16. The number of carbonyl (C=O) groups excluding carboxylic acids is 1. The van der Waals surface area contributed by atoms with Crippen LogP contribution in [0, 0.1) is 0 Å². The Kier molecular flexibility index (Phi) is 9.48. The van der Waals surface area contributed by atoms with Crippen LogP contribution in [-0.4, -0.2) is 53.7 Å². The average Bonchev–Trinajstić information content (AvgIpc) is 2.95. The van der Waals surface area contributed by atoms with E-state index in [1.807, 2.05) is 0 Å². The van der Waals surface area contributed by atoms with E-state index in [0.29, 0.717) is 34.3 Å². The van der Waals surface area contributed by atoms with Gasteiger partial charge in [-0.15, -0.1) is 0 Å². The van der Waals surface area contributed by atoms with Crippen molar-refractivity contribution in [3.63, 3.8) is 0 Å². The second-order valence-corrected chi connectivity index (χ2v) is 7.81. The van der Waals surface area contributed by atoms with Crippen LogP contribution in [-0.2, 0) is 4.79 Å². The van der Waals surface area contributed by atoms with Crippen molar-refractivity contribution in [1.29, 1.82) is 0 Å². The number of phenolic OH excluding ortho intramolecular Hbond substituents is 1. The number of nitrogens with one attached hydrogen (secondary N) is 1. The molecular formula is C29H31NO8. The fraction of sp³-hybridized carbons (Fsp3) is 0.207. The molecule has 1 amide bonds. The average molecular weight is 522 g/mol.